The van der Waals surface area contributed by atoms with Crippen LogP contribution in [0.25, 0.3) is 11.0 Å². The summed E-state index contributed by atoms with van der Waals surface area (Å²) in [6.45, 7) is 5.33. The van der Waals surface area contributed by atoms with Crippen LogP contribution in [0.15, 0.2) is 24.3 Å². The highest BCUT2D eigenvalue weighted by Crippen LogP contribution is 2.24. The third kappa shape index (κ3) is 2.88. The van der Waals surface area contributed by atoms with Crippen LogP contribution in [0.2, 0.25) is 0 Å². The third-order valence-corrected chi connectivity index (χ3v) is 4.37. The lowest BCUT2D eigenvalue weighted by Crippen LogP contribution is -2.22. The molecule has 20 heavy (non-hydrogen) atoms. The molecule has 0 saturated heterocycles. The van der Waals surface area contributed by atoms with Crippen molar-refractivity contribution in [3.05, 3.63) is 30.1 Å². The van der Waals surface area contributed by atoms with Crippen LogP contribution in [0.4, 0.5) is 0 Å². The molecule has 0 radical (unpaired) electrons. The van der Waals surface area contributed by atoms with Gasteiger partial charge in [0.25, 0.3) is 0 Å². The van der Waals surface area contributed by atoms with E-state index in [4.69, 9.17) is 4.98 Å². The fraction of sp³-hybridized carbons (Fsp3) is 0.588. The van der Waals surface area contributed by atoms with E-state index in [1.165, 1.54) is 37.0 Å². The van der Waals surface area contributed by atoms with Crippen molar-refractivity contribution in [3.8, 4) is 0 Å². The Morgan fingerprint density at radius 3 is 2.85 bits per heavy atom. The zero-order valence-electron chi connectivity index (χ0n) is 12.4. The lowest BCUT2D eigenvalue weighted by atomic mass is 10.1. The second-order valence-corrected chi connectivity index (χ2v) is 5.95. The molecule has 1 aromatic carbocycles. The Morgan fingerprint density at radius 2 is 2.05 bits per heavy atom. The second kappa shape index (κ2) is 6.40. The Balaban J connectivity index is 1.70. The number of hydrogen-bond donors (Lipinski definition) is 1. The molecule has 0 unspecified atom stereocenters. The number of hydrogen-bond acceptors (Lipinski definition) is 2. The van der Waals surface area contributed by atoms with Gasteiger partial charge in [-0.3, -0.25) is 0 Å². The first-order valence-electron chi connectivity index (χ1n) is 8.03. The number of rotatable bonds is 6. The van der Waals surface area contributed by atoms with E-state index in [0.717, 1.165) is 37.5 Å². The predicted molar refractivity (Wildman–Crippen MR) is 83.7 cm³/mol. The van der Waals surface area contributed by atoms with Crippen molar-refractivity contribution in [2.24, 2.45) is 5.92 Å². The molecule has 0 amide bonds. The zero-order chi connectivity index (χ0) is 13.8. The van der Waals surface area contributed by atoms with Crippen molar-refractivity contribution in [3.63, 3.8) is 0 Å². The first-order valence-corrected chi connectivity index (χ1v) is 8.03. The number of nitrogens with zero attached hydrogens (tertiary/aromatic N) is 2. The highest BCUT2D eigenvalue weighted by atomic mass is 15.1. The van der Waals surface area contributed by atoms with E-state index >= 15 is 0 Å². The van der Waals surface area contributed by atoms with Crippen LogP contribution in [0.3, 0.4) is 0 Å². The molecule has 0 atom stereocenters. The highest BCUT2D eigenvalue weighted by molar-refractivity contribution is 5.75. The quantitative estimate of drug-likeness (QED) is 0.867. The number of para-hydroxylation sites is 2. The normalized spacial score (nSPS) is 16.2. The number of nitrogens with one attached hydrogen (secondary N) is 1. The standard InChI is InChI=1S/C17H25N3/c1-2-11-20-16-10-6-5-9-15(16)19-17(20)13-18-12-14-7-3-4-8-14/h5-6,9-10,14,18H,2-4,7-8,11-13H2,1H3. The Kier molecular flexibility index (Phi) is 4.36. The molecule has 2 aromatic rings. The van der Waals surface area contributed by atoms with Crippen molar-refractivity contribution in [1.82, 2.24) is 14.9 Å². The summed E-state index contributed by atoms with van der Waals surface area (Å²) in [4.78, 5) is 4.80. The second-order valence-electron chi connectivity index (χ2n) is 5.95. The molecule has 1 aliphatic carbocycles. The van der Waals surface area contributed by atoms with Gasteiger partial charge in [-0.25, -0.2) is 4.98 Å². The van der Waals surface area contributed by atoms with E-state index in [1.807, 2.05) is 0 Å². The summed E-state index contributed by atoms with van der Waals surface area (Å²) < 4.78 is 2.37. The molecule has 0 aliphatic heterocycles. The van der Waals surface area contributed by atoms with Gasteiger partial charge in [-0.1, -0.05) is 31.9 Å². The minimum Gasteiger partial charge on any atom is -0.327 e. The first kappa shape index (κ1) is 13.6. The van der Waals surface area contributed by atoms with Crippen LogP contribution < -0.4 is 5.32 Å². The lowest BCUT2D eigenvalue weighted by molar-refractivity contribution is 0.478. The number of aromatic nitrogens is 2. The number of aryl methyl sites for hydroxylation is 1. The zero-order valence-corrected chi connectivity index (χ0v) is 12.4. The van der Waals surface area contributed by atoms with Gasteiger partial charge in [0, 0.05) is 6.54 Å². The number of benzene rings is 1. The van der Waals surface area contributed by atoms with Crippen LogP contribution >= 0.6 is 0 Å². The number of imidazole rings is 1. The molecule has 0 bridgehead atoms. The Morgan fingerprint density at radius 1 is 1.25 bits per heavy atom. The summed E-state index contributed by atoms with van der Waals surface area (Å²) in [6.07, 6.45) is 6.79. The van der Waals surface area contributed by atoms with Gasteiger partial charge in [-0.05, 0) is 43.9 Å². The van der Waals surface area contributed by atoms with Gasteiger partial charge in [0.1, 0.15) is 5.82 Å². The molecule has 3 heteroatoms. The van der Waals surface area contributed by atoms with Gasteiger partial charge in [0.2, 0.25) is 0 Å². The van der Waals surface area contributed by atoms with Crippen molar-refractivity contribution in [1.29, 1.82) is 0 Å². The Bertz CT molecular complexity index is 552. The topological polar surface area (TPSA) is 29.9 Å². The fourth-order valence-corrected chi connectivity index (χ4v) is 3.34. The average molecular weight is 271 g/mol. The fourth-order valence-electron chi connectivity index (χ4n) is 3.34. The summed E-state index contributed by atoms with van der Waals surface area (Å²) in [5.74, 6) is 2.07. The third-order valence-electron chi connectivity index (χ3n) is 4.37. The van der Waals surface area contributed by atoms with E-state index in [-0.39, 0.29) is 0 Å². The lowest BCUT2D eigenvalue weighted by Gasteiger charge is -2.12. The molecule has 1 saturated carbocycles. The summed E-state index contributed by atoms with van der Waals surface area (Å²) in [7, 11) is 0. The molecule has 1 fully saturated rings. The van der Waals surface area contributed by atoms with Crippen LogP contribution in [-0.4, -0.2) is 16.1 Å². The van der Waals surface area contributed by atoms with Gasteiger partial charge >= 0.3 is 0 Å². The van der Waals surface area contributed by atoms with Gasteiger partial charge < -0.3 is 9.88 Å². The summed E-state index contributed by atoms with van der Waals surface area (Å²) in [5.41, 5.74) is 2.39. The highest BCUT2D eigenvalue weighted by Gasteiger charge is 2.15. The molecule has 1 aromatic heterocycles. The van der Waals surface area contributed by atoms with Crippen LogP contribution in [-0.2, 0) is 13.1 Å². The van der Waals surface area contributed by atoms with Crippen molar-refractivity contribution in [2.75, 3.05) is 6.54 Å². The average Bonchev–Trinajstić information content (AvgIpc) is 3.08. The maximum absolute atomic E-state index is 4.80. The molecule has 3 rings (SSSR count). The van der Waals surface area contributed by atoms with Crippen LogP contribution in [0.1, 0.15) is 44.9 Å². The molecule has 1 N–H and O–H groups in total. The van der Waals surface area contributed by atoms with Crippen LogP contribution in [0, 0.1) is 5.92 Å². The van der Waals surface area contributed by atoms with Crippen molar-refractivity contribution < 1.29 is 0 Å². The maximum atomic E-state index is 4.80. The van der Waals surface area contributed by atoms with E-state index in [1.54, 1.807) is 0 Å². The smallest absolute Gasteiger partial charge is 0.123 e. The predicted octanol–water partition coefficient (Wildman–Crippen LogP) is 3.73. The molecular weight excluding hydrogens is 246 g/mol. The van der Waals surface area contributed by atoms with Crippen molar-refractivity contribution in [2.45, 2.75) is 52.1 Å². The monoisotopic (exact) mass is 271 g/mol. The molecule has 3 nitrogen and oxygen atoms in total. The van der Waals surface area contributed by atoms with Crippen molar-refractivity contribution >= 4 is 11.0 Å². The van der Waals surface area contributed by atoms with Crippen LogP contribution in [0.5, 0.6) is 0 Å². The Hall–Kier alpha value is -1.35. The maximum Gasteiger partial charge on any atom is 0.123 e. The molecule has 1 aliphatic rings. The molecular formula is C17H25N3. The minimum atomic E-state index is 0.888. The van der Waals surface area contributed by atoms with E-state index in [2.05, 4.69) is 41.1 Å². The van der Waals surface area contributed by atoms with E-state index in [9.17, 15) is 0 Å². The van der Waals surface area contributed by atoms with Gasteiger partial charge in [0.05, 0.1) is 17.6 Å². The molecule has 1 heterocycles. The summed E-state index contributed by atoms with van der Waals surface area (Å²) in [5, 5.41) is 3.62. The SMILES string of the molecule is CCCn1c(CNCC2CCCC2)nc2ccccc21. The summed E-state index contributed by atoms with van der Waals surface area (Å²) in [6, 6.07) is 8.47. The largest absolute Gasteiger partial charge is 0.327 e. The summed E-state index contributed by atoms with van der Waals surface area (Å²) >= 11 is 0. The first-order chi connectivity index (χ1) is 9.88. The van der Waals surface area contributed by atoms with E-state index < -0.39 is 0 Å². The Labute approximate surface area is 121 Å². The molecule has 108 valence electrons. The number of fused-ring (bicyclic) bond motifs is 1. The minimum absolute atomic E-state index is 0.888. The van der Waals surface area contributed by atoms with Gasteiger partial charge in [0.15, 0.2) is 0 Å². The van der Waals surface area contributed by atoms with Gasteiger partial charge in [-0.2, -0.15) is 0 Å². The molecule has 0 spiro atoms. The van der Waals surface area contributed by atoms with E-state index in [0.29, 0.717) is 0 Å². The van der Waals surface area contributed by atoms with Gasteiger partial charge in [-0.15, -0.1) is 0 Å².